The molecule has 1 amide bonds. The summed E-state index contributed by atoms with van der Waals surface area (Å²) in [4.78, 5) is 15.3. The maximum atomic E-state index is 13.1. The third-order valence-corrected chi connectivity index (χ3v) is 7.29. The van der Waals surface area contributed by atoms with Crippen molar-refractivity contribution in [2.45, 2.75) is 25.2 Å². The Hall–Kier alpha value is -3.70. The van der Waals surface area contributed by atoms with Crippen LogP contribution in [-0.4, -0.2) is 35.7 Å². The van der Waals surface area contributed by atoms with Crippen molar-refractivity contribution in [1.29, 1.82) is 0 Å². The van der Waals surface area contributed by atoms with Gasteiger partial charge in [0, 0.05) is 36.1 Å². The van der Waals surface area contributed by atoms with E-state index in [-0.39, 0.29) is 17.7 Å². The lowest BCUT2D eigenvalue weighted by atomic mass is 9.88. The summed E-state index contributed by atoms with van der Waals surface area (Å²) in [5.41, 5.74) is 4.32. The van der Waals surface area contributed by atoms with Gasteiger partial charge in [-0.1, -0.05) is 84.4 Å². The highest BCUT2D eigenvalue weighted by Crippen LogP contribution is 2.28. The van der Waals surface area contributed by atoms with Crippen molar-refractivity contribution in [2.24, 2.45) is 5.92 Å². The molecular weight excluding hydrogens is 480 g/mol. The third kappa shape index (κ3) is 6.36. The summed E-state index contributed by atoms with van der Waals surface area (Å²) >= 11 is 5.99. The van der Waals surface area contributed by atoms with Gasteiger partial charge in [-0.05, 0) is 54.7 Å². The molecule has 4 aromatic rings. The number of halogens is 1. The van der Waals surface area contributed by atoms with Gasteiger partial charge in [-0.2, -0.15) is 0 Å². The highest BCUT2D eigenvalue weighted by atomic mass is 35.5. The Morgan fingerprint density at radius 3 is 2.19 bits per heavy atom. The lowest BCUT2D eigenvalue weighted by molar-refractivity contribution is -0.125. The Balaban J connectivity index is 1.18. The summed E-state index contributed by atoms with van der Waals surface area (Å²) in [5.74, 6) is 1.12. The van der Waals surface area contributed by atoms with Crippen LogP contribution in [0, 0.1) is 5.92 Å². The number of carbonyl (C=O) groups is 1. The molecule has 0 radical (unpaired) electrons. The molecule has 37 heavy (non-hydrogen) atoms. The van der Waals surface area contributed by atoms with Gasteiger partial charge >= 0.3 is 0 Å². The average Bonchev–Trinajstić information content (AvgIpc) is 2.97. The van der Waals surface area contributed by atoms with Crippen molar-refractivity contribution < 1.29 is 4.79 Å². The maximum Gasteiger partial charge on any atom is 0.224 e. The van der Waals surface area contributed by atoms with E-state index in [1.807, 2.05) is 48.5 Å². The zero-order chi connectivity index (χ0) is 25.5. The van der Waals surface area contributed by atoms with Crippen LogP contribution >= 0.6 is 11.6 Å². The number of nitrogens with one attached hydrogen (secondary N) is 1. The molecule has 0 bridgehead atoms. The highest BCUT2D eigenvalue weighted by Gasteiger charge is 2.27. The van der Waals surface area contributed by atoms with Crippen LogP contribution in [0.2, 0.25) is 5.02 Å². The Morgan fingerprint density at radius 2 is 1.57 bits per heavy atom. The molecule has 2 heterocycles. The van der Waals surface area contributed by atoms with Crippen LogP contribution in [0.15, 0.2) is 97.1 Å². The number of aromatic nitrogens is 2. The molecule has 1 unspecified atom stereocenters. The smallest absolute Gasteiger partial charge is 0.224 e. The second kappa shape index (κ2) is 12.0. The lowest BCUT2D eigenvalue weighted by Gasteiger charge is -2.32. The van der Waals surface area contributed by atoms with Gasteiger partial charge in [-0.25, -0.2) is 0 Å². The van der Waals surface area contributed by atoms with E-state index < -0.39 is 0 Å². The monoisotopic (exact) mass is 510 g/mol. The van der Waals surface area contributed by atoms with Gasteiger partial charge in [-0.15, -0.1) is 10.2 Å². The Labute approximate surface area is 223 Å². The first-order valence-electron chi connectivity index (χ1n) is 12.9. The van der Waals surface area contributed by atoms with Gasteiger partial charge < -0.3 is 10.2 Å². The number of piperidine rings is 1. The normalized spacial score (nSPS) is 15.5. The minimum Gasteiger partial charge on any atom is -0.356 e. The molecule has 1 N–H and O–H groups in total. The molecule has 188 valence electrons. The number of hydrogen-bond acceptors (Lipinski definition) is 4. The fourth-order valence-electron chi connectivity index (χ4n) is 5.05. The molecule has 1 fully saturated rings. The fraction of sp³-hybridized carbons (Fsp3) is 0.258. The number of anilines is 1. The average molecular weight is 511 g/mol. The van der Waals surface area contributed by atoms with E-state index in [9.17, 15) is 4.79 Å². The number of carbonyl (C=O) groups excluding carboxylic acids is 1. The molecule has 0 aliphatic carbocycles. The van der Waals surface area contributed by atoms with Crippen LogP contribution in [0.1, 0.15) is 36.3 Å². The highest BCUT2D eigenvalue weighted by molar-refractivity contribution is 6.30. The first-order valence-corrected chi connectivity index (χ1v) is 13.3. The number of rotatable bonds is 8. The molecule has 1 aliphatic rings. The van der Waals surface area contributed by atoms with Crippen LogP contribution < -0.4 is 10.2 Å². The summed E-state index contributed by atoms with van der Waals surface area (Å²) in [6, 6.07) is 32.6. The van der Waals surface area contributed by atoms with Gasteiger partial charge in [0.1, 0.15) is 0 Å². The number of hydrogen-bond donors (Lipinski definition) is 1. The molecule has 6 heteroatoms. The van der Waals surface area contributed by atoms with E-state index in [2.05, 4.69) is 68.9 Å². The summed E-state index contributed by atoms with van der Waals surface area (Å²) in [6.07, 6.45) is 2.70. The van der Waals surface area contributed by atoms with E-state index in [0.29, 0.717) is 18.1 Å². The van der Waals surface area contributed by atoms with Crippen LogP contribution in [0.25, 0.3) is 11.3 Å². The second-order valence-electron chi connectivity index (χ2n) is 9.52. The van der Waals surface area contributed by atoms with Gasteiger partial charge in [0.05, 0.1) is 11.6 Å². The molecular formula is C31H31ClN4O. The molecule has 5 nitrogen and oxygen atoms in total. The SMILES string of the molecule is O=C(NCCC(c1ccccc1)c1ccccc1)C1CCCN(c2ccc(-c3ccc(Cl)cc3)nn2)C1. The molecule has 1 aliphatic heterocycles. The van der Waals surface area contributed by atoms with E-state index in [4.69, 9.17) is 11.6 Å². The minimum absolute atomic E-state index is 0.0570. The second-order valence-corrected chi connectivity index (χ2v) is 9.96. The summed E-state index contributed by atoms with van der Waals surface area (Å²) in [7, 11) is 0. The molecule has 3 aromatic carbocycles. The number of nitrogens with zero attached hydrogens (tertiary/aromatic N) is 3. The van der Waals surface area contributed by atoms with E-state index in [0.717, 1.165) is 42.9 Å². The van der Waals surface area contributed by atoms with Crippen molar-refractivity contribution in [2.75, 3.05) is 24.5 Å². The molecule has 0 saturated carbocycles. The standard InChI is InChI=1S/C31H31ClN4O/c32-27-15-13-25(14-16-27)29-17-18-30(35-34-29)36-21-7-12-26(22-36)31(37)33-20-19-28(23-8-3-1-4-9-23)24-10-5-2-6-11-24/h1-6,8-11,13-18,26,28H,7,12,19-22H2,(H,33,37). The number of amides is 1. The Kier molecular flexibility index (Phi) is 8.11. The minimum atomic E-state index is -0.0570. The molecule has 1 saturated heterocycles. The van der Waals surface area contributed by atoms with Crippen molar-refractivity contribution in [3.8, 4) is 11.3 Å². The van der Waals surface area contributed by atoms with Gasteiger partial charge in [0.2, 0.25) is 5.91 Å². The number of benzene rings is 3. The molecule has 1 atom stereocenters. The summed E-state index contributed by atoms with van der Waals surface area (Å²) in [6.45, 7) is 2.17. The zero-order valence-electron chi connectivity index (χ0n) is 20.8. The van der Waals surface area contributed by atoms with Crippen LogP contribution in [-0.2, 0) is 4.79 Å². The third-order valence-electron chi connectivity index (χ3n) is 7.04. The van der Waals surface area contributed by atoms with Gasteiger partial charge in [0.25, 0.3) is 0 Å². The van der Waals surface area contributed by atoms with E-state index in [1.54, 1.807) is 0 Å². The summed E-state index contributed by atoms with van der Waals surface area (Å²) < 4.78 is 0. The van der Waals surface area contributed by atoms with Crippen LogP contribution in [0.4, 0.5) is 5.82 Å². The quantitative estimate of drug-likeness (QED) is 0.300. The predicted octanol–water partition coefficient (Wildman–Crippen LogP) is 6.35. The van der Waals surface area contributed by atoms with Crippen LogP contribution in [0.5, 0.6) is 0 Å². The van der Waals surface area contributed by atoms with Crippen molar-refractivity contribution in [1.82, 2.24) is 15.5 Å². The lowest BCUT2D eigenvalue weighted by Crippen LogP contribution is -2.43. The van der Waals surface area contributed by atoms with Crippen molar-refractivity contribution >= 4 is 23.3 Å². The molecule has 5 rings (SSSR count). The van der Waals surface area contributed by atoms with E-state index >= 15 is 0 Å². The van der Waals surface area contributed by atoms with E-state index in [1.165, 1.54) is 11.1 Å². The zero-order valence-corrected chi connectivity index (χ0v) is 21.5. The van der Waals surface area contributed by atoms with Gasteiger partial charge in [-0.3, -0.25) is 4.79 Å². The predicted molar refractivity (Wildman–Crippen MR) is 150 cm³/mol. The Morgan fingerprint density at radius 1 is 0.892 bits per heavy atom. The van der Waals surface area contributed by atoms with Crippen LogP contribution in [0.3, 0.4) is 0 Å². The molecule has 0 spiro atoms. The van der Waals surface area contributed by atoms with Gasteiger partial charge in [0.15, 0.2) is 5.82 Å². The fourth-order valence-corrected chi connectivity index (χ4v) is 5.17. The first-order chi connectivity index (χ1) is 18.2. The largest absolute Gasteiger partial charge is 0.356 e. The topological polar surface area (TPSA) is 58.1 Å². The Bertz CT molecular complexity index is 1240. The first kappa shape index (κ1) is 25.0. The van der Waals surface area contributed by atoms with Crippen molar-refractivity contribution in [3.63, 3.8) is 0 Å². The van der Waals surface area contributed by atoms with Crippen molar-refractivity contribution in [3.05, 3.63) is 113 Å². The molecule has 1 aromatic heterocycles. The maximum absolute atomic E-state index is 13.1. The summed E-state index contributed by atoms with van der Waals surface area (Å²) in [5, 5.41) is 12.8.